The maximum atomic E-state index is 12.7. The Morgan fingerprint density at radius 2 is 1.75 bits per heavy atom. The largest absolute Gasteiger partial charge is 0.399 e. The second-order valence-corrected chi connectivity index (χ2v) is 5.39. The minimum atomic E-state index is -0.318. The summed E-state index contributed by atoms with van der Waals surface area (Å²) in [7, 11) is 0. The topological polar surface area (TPSA) is 55.1 Å². The highest BCUT2D eigenvalue weighted by molar-refractivity contribution is 7.99. The Morgan fingerprint density at radius 1 is 1.10 bits per heavy atom. The summed E-state index contributed by atoms with van der Waals surface area (Å²) >= 11 is 1.59. The van der Waals surface area contributed by atoms with Crippen LogP contribution in [0.25, 0.3) is 0 Å². The first-order valence-corrected chi connectivity index (χ1v) is 7.16. The van der Waals surface area contributed by atoms with Crippen molar-refractivity contribution >= 4 is 29.0 Å². The van der Waals surface area contributed by atoms with Crippen LogP contribution in [0.4, 0.5) is 15.8 Å². The first-order chi connectivity index (χ1) is 9.63. The zero-order valence-electron chi connectivity index (χ0n) is 10.8. The summed E-state index contributed by atoms with van der Waals surface area (Å²) in [5.74, 6) is 0.276. The molecule has 5 heteroatoms. The molecule has 3 nitrogen and oxygen atoms in total. The van der Waals surface area contributed by atoms with E-state index < -0.39 is 0 Å². The highest BCUT2D eigenvalue weighted by Crippen LogP contribution is 2.20. The Balaban J connectivity index is 1.75. The Kier molecular flexibility index (Phi) is 5.01. The molecule has 0 radical (unpaired) electrons. The lowest BCUT2D eigenvalue weighted by atomic mass is 10.3. The summed E-state index contributed by atoms with van der Waals surface area (Å²) in [6.45, 7) is 0. The summed E-state index contributed by atoms with van der Waals surface area (Å²) in [6, 6.07) is 13.2. The number of hydrogen-bond donors (Lipinski definition) is 2. The number of anilines is 2. The van der Waals surface area contributed by atoms with Crippen LogP contribution in [0.5, 0.6) is 0 Å². The molecule has 0 unspecified atom stereocenters. The first-order valence-electron chi connectivity index (χ1n) is 6.17. The molecule has 0 atom stereocenters. The van der Waals surface area contributed by atoms with Gasteiger partial charge in [0.25, 0.3) is 0 Å². The van der Waals surface area contributed by atoms with Gasteiger partial charge in [-0.25, -0.2) is 4.39 Å². The number of halogens is 1. The van der Waals surface area contributed by atoms with Gasteiger partial charge in [0, 0.05) is 28.4 Å². The van der Waals surface area contributed by atoms with Crippen molar-refractivity contribution in [3.05, 3.63) is 54.3 Å². The fourth-order valence-electron chi connectivity index (χ4n) is 1.58. The van der Waals surface area contributed by atoms with Gasteiger partial charge in [0.2, 0.25) is 5.91 Å². The van der Waals surface area contributed by atoms with Gasteiger partial charge in [-0.15, -0.1) is 11.8 Å². The molecule has 104 valence electrons. The van der Waals surface area contributed by atoms with E-state index >= 15 is 0 Å². The smallest absolute Gasteiger partial charge is 0.225 e. The number of thioether (sulfide) groups is 1. The monoisotopic (exact) mass is 290 g/mol. The number of nitrogens with two attached hydrogens (primary N) is 1. The Bertz CT molecular complexity index is 569. The Morgan fingerprint density at radius 3 is 2.40 bits per heavy atom. The number of carbonyl (C=O) groups is 1. The number of amides is 1. The van der Waals surface area contributed by atoms with Crippen molar-refractivity contribution in [3.8, 4) is 0 Å². The first kappa shape index (κ1) is 14.4. The van der Waals surface area contributed by atoms with E-state index in [1.165, 1.54) is 12.1 Å². The lowest BCUT2D eigenvalue weighted by Gasteiger charge is -2.05. The predicted octanol–water partition coefficient (Wildman–Crippen LogP) is 3.53. The number of nitrogen functional groups attached to an aromatic ring is 1. The lowest BCUT2D eigenvalue weighted by molar-refractivity contribution is -0.115. The van der Waals surface area contributed by atoms with E-state index in [-0.39, 0.29) is 11.7 Å². The molecule has 0 heterocycles. The molecule has 3 N–H and O–H groups in total. The van der Waals surface area contributed by atoms with Gasteiger partial charge in [-0.05, 0) is 48.5 Å². The minimum Gasteiger partial charge on any atom is -0.399 e. The van der Waals surface area contributed by atoms with Crippen molar-refractivity contribution in [2.45, 2.75) is 11.3 Å². The van der Waals surface area contributed by atoms with E-state index in [9.17, 15) is 9.18 Å². The standard InChI is InChI=1S/C15H15FN2OS/c16-11-1-5-13(6-2-11)18-15(19)9-10-20-14-7-3-12(17)4-8-14/h1-8H,9-10,17H2,(H,18,19). The van der Waals surface area contributed by atoms with E-state index in [2.05, 4.69) is 5.32 Å². The maximum absolute atomic E-state index is 12.7. The Labute approximate surface area is 121 Å². The molecule has 0 spiro atoms. The van der Waals surface area contributed by atoms with Crippen LogP contribution in [0.1, 0.15) is 6.42 Å². The highest BCUT2D eigenvalue weighted by atomic mass is 32.2. The van der Waals surface area contributed by atoms with Gasteiger partial charge in [0.15, 0.2) is 0 Å². The average Bonchev–Trinajstić information content (AvgIpc) is 2.44. The van der Waals surface area contributed by atoms with Gasteiger partial charge in [0.1, 0.15) is 5.82 Å². The Hall–Kier alpha value is -2.01. The summed E-state index contributed by atoms with van der Waals surface area (Å²) in [6.07, 6.45) is 0.395. The predicted molar refractivity (Wildman–Crippen MR) is 81.2 cm³/mol. The molecule has 0 bridgehead atoms. The highest BCUT2D eigenvalue weighted by Gasteiger charge is 2.03. The van der Waals surface area contributed by atoms with Gasteiger partial charge < -0.3 is 11.1 Å². The molecule has 20 heavy (non-hydrogen) atoms. The van der Waals surface area contributed by atoms with Crippen molar-refractivity contribution in [2.75, 3.05) is 16.8 Å². The quantitative estimate of drug-likeness (QED) is 0.654. The van der Waals surface area contributed by atoms with E-state index in [1.807, 2.05) is 24.3 Å². The second kappa shape index (κ2) is 6.96. The van der Waals surface area contributed by atoms with Crippen LogP contribution in [0, 0.1) is 5.82 Å². The van der Waals surface area contributed by atoms with Crippen molar-refractivity contribution < 1.29 is 9.18 Å². The number of hydrogen-bond acceptors (Lipinski definition) is 3. The summed E-state index contributed by atoms with van der Waals surface area (Å²) in [5.41, 5.74) is 6.93. The van der Waals surface area contributed by atoms with Crippen LogP contribution < -0.4 is 11.1 Å². The lowest BCUT2D eigenvalue weighted by Crippen LogP contribution is -2.12. The molecule has 2 rings (SSSR count). The molecule has 2 aromatic carbocycles. The number of rotatable bonds is 5. The molecule has 0 aliphatic heterocycles. The summed E-state index contributed by atoms with van der Waals surface area (Å²) in [4.78, 5) is 12.8. The van der Waals surface area contributed by atoms with Crippen LogP contribution in [0.2, 0.25) is 0 Å². The van der Waals surface area contributed by atoms with Crippen LogP contribution in [0.15, 0.2) is 53.4 Å². The fraction of sp³-hybridized carbons (Fsp3) is 0.133. The molecule has 0 aliphatic carbocycles. The van der Waals surface area contributed by atoms with Crippen LogP contribution >= 0.6 is 11.8 Å². The molecule has 0 saturated heterocycles. The molecule has 0 saturated carbocycles. The summed E-state index contributed by atoms with van der Waals surface area (Å²) < 4.78 is 12.7. The maximum Gasteiger partial charge on any atom is 0.225 e. The SMILES string of the molecule is Nc1ccc(SCCC(=O)Nc2ccc(F)cc2)cc1. The molecular formula is C15H15FN2OS. The zero-order chi connectivity index (χ0) is 14.4. The molecule has 1 amide bonds. The molecular weight excluding hydrogens is 275 g/mol. The third kappa shape index (κ3) is 4.59. The third-order valence-corrected chi connectivity index (χ3v) is 3.62. The van der Waals surface area contributed by atoms with E-state index in [0.717, 1.165) is 10.6 Å². The van der Waals surface area contributed by atoms with Crippen LogP contribution in [-0.2, 0) is 4.79 Å². The summed E-state index contributed by atoms with van der Waals surface area (Å²) in [5, 5.41) is 2.73. The minimum absolute atomic E-state index is 0.0837. The van der Waals surface area contributed by atoms with Gasteiger partial charge in [-0.2, -0.15) is 0 Å². The third-order valence-electron chi connectivity index (χ3n) is 2.61. The molecule has 2 aromatic rings. The average molecular weight is 290 g/mol. The van der Waals surface area contributed by atoms with Crippen molar-refractivity contribution in [1.29, 1.82) is 0 Å². The second-order valence-electron chi connectivity index (χ2n) is 4.22. The van der Waals surface area contributed by atoms with Crippen molar-refractivity contribution in [2.24, 2.45) is 0 Å². The van der Waals surface area contributed by atoms with Gasteiger partial charge >= 0.3 is 0 Å². The fourth-order valence-corrected chi connectivity index (χ4v) is 2.43. The molecule has 0 fully saturated rings. The van der Waals surface area contributed by atoms with E-state index in [4.69, 9.17) is 5.73 Å². The number of nitrogens with one attached hydrogen (secondary N) is 1. The van der Waals surface area contributed by atoms with Gasteiger partial charge in [0.05, 0.1) is 0 Å². The van der Waals surface area contributed by atoms with Crippen molar-refractivity contribution in [1.82, 2.24) is 0 Å². The van der Waals surface area contributed by atoms with Gasteiger partial charge in [-0.3, -0.25) is 4.79 Å². The van der Waals surface area contributed by atoms with Crippen molar-refractivity contribution in [3.63, 3.8) is 0 Å². The normalized spacial score (nSPS) is 10.2. The number of benzene rings is 2. The van der Waals surface area contributed by atoms with Crippen LogP contribution in [-0.4, -0.2) is 11.7 Å². The zero-order valence-corrected chi connectivity index (χ0v) is 11.6. The molecule has 0 aromatic heterocycles. The molecule has 0 aliphatic rings. The van der Waals surface area contributed by atoms with Gasteiger partial charge in [-0.1, -0.05) is 0 Å². The number of carbonyl (C=O) groups excluding carboxylic acids is 1. The van der Waals surface area contributed by atoms with E-state index in [0.29, 0.717) is 17.9 Å². The van der Waals surface area contributed by atoms with Crippen LogP contribution in [0.3, 0.4) is 0 Å². The van der Waals surface area contributed by atoms with E-state index in [1.54, 1.807) is 23.9 Å².